The monoisotopic (exact) mass is 814 g/mol. The first-order chi connectivity index (χ1) is 28.6. The number of azide groups is 1. The highest BCUT2D eigenvalue weighted by Gasteiger charge is 2.51. The molecule has 2 amide bonds. The fourth-order valence-electron chi connectivity index (χ4n) is 6.67. The van der Waals surface area contributed by atoms with Crippen molar-refractivity contribution in [1.82, 2.24) is 10.6 Å². The van der Waals surface area contributed by atoms with Crippen LogP contribution in [0.2, 0.25) is 5.04 Å². The first-order valence-corrected chi connectivity index (χ1v) is 21.1. The third-order valence-electron chi connectivity index (χ3n) is 9.48. The van der Waals surface area contributed by atoms with Gasteiger partial charge in [0.2, 0.25) is 5.96 Å². The molecule has 0 aromatic heterocycles. The summed E-state index contributed by atoms with van der Waals surface area (Å²) in [6.07, 6.45) is -3.01. The van der Waals surface area contributed by atoms with Crippen LogP contribution in [-0.2, 0) is 38.5 Å². The van der Waals surface area contributed by atoms with Crippen molar-refractivity contribution in [3.8, 4) is 0 Å². The summed E-state index contributed by atoms with van der Waals surface area (Å²) in [4.78, 5) is 34.1. The molecule has 0 spiro atoms. The predicted molar refractivity (Wildman–Crippen MR) is 229 cm³/mol. The van der Waals surface area contributed by atoms with Gasteiger partial charge in [-0.1, -0.05) is 178 Å². The summed E-state index contributed by atoms with van der Waals surface area (Å²) in [5.41, 5.74) is 12.3. The Bertz CT molecular complexity index is 2020. The molecule has 14 heteroatoms. The number of benzene rings is 5. The third-order valence-corrected chi connectivity index (χ3v) is 14.5. The molecule has 0 saturated carbocycles. The van der Waals surface area contributed by atoms with E-state index < -0.39 is 50.3 Å². The van der Waals surface area contributed by atoms with Gasteiger partial charge in [0.15, 0.2) is 0 Å². The molecule has 5 rings (SSSR count). The largest absolute Gasteiger partial charge is 0.444 e. The Morgan fingerprint density at radius 2 is 1.07 bits per heavy atom. The Morgan fingerprint density at radius 1 is 0.661 bits per heavy atom. The van der Waals surface area contributed by atoms with E-state index in [1.807, 2.05) is 103 Å². The molecule has 0 aliphatic heterocycles. The Balaban J connectivity index is 1.51. The number of rotatable bonds is 17. The standard InChI is InChI=1S/C45H50N6O7Si/c1-45(2,3)59(37-25-15-7-16-26-37,38-27-17-8-18-28-38)58-33-40(50-51-46)41(55-30-34-19-9-4-10-20-34)39(29-52)47-42(48-43(53)56-31-35-21-11-5-12-22-35)49-44(54)57-32-36-23-13-6-14-24-36/h4-28,39-41,52H,29-33H2,1-3H3,(H2,47,48,49,53,54)/t39-,40-,41-/m0/s1. The van der Waals surface area contributed by atoms with Gasteiger partial charge in [-0.15, -0.1) is 0 Å². The molecule has 0 heterocycles. The van der Waals surface area contributed by atoms with Crippen LogP contribution in [0.4, 0.5) is 9.59 Å². The predicted octanol–water partition coefficient (Wildman–Crippen LogP) is 7.40. The molecular weight excluding hydrogens is 765 g/mol. The highest BCUT2D eigenvalue weighted by atomic mass is 28.4. The maximum Gasteiger partial charge on any atom is 0.414 e. The number of carbonyl (C=O) groups is 2. The average molecular weight is 815 g/mol. The number of aliphatic hydroxyl groups excluding tert-OH is 1. The molecule has 0 aliphatic carbocycles. The molecular formula is C45H50N6O7Si. The molecule has 0 radical (unpaired) electrons. The lowest BCUT2D eigenvalue weighted by molar-refractivity contribution is -0.0137. The van der Waals surface area contributed by atoms with Gasteiger partial charge in [0.1, 0.15) is 19.3 Å². The molecule has 5 aromatic carbocycles. The minimum absolute atomic E-state index is 0.0443. The van der Waals surface area contributed by atoms with Gasteiger partial charge in [-0.05, 0) is 37.6 Å². The van der Waals surface area contributed by atoms with Crippen molar-refractivity contribution in [2.75, 3.05) is 13.2 Å². The van der Waals surface area contributed by atoms with E-state index >= 15 is 0 Å². The SMILES string of the molecule is CC(C)(C)[Si](OC[C@H](N=[N+]=[N-])[C@@H](OCc1ccccc1)[C@H](CO)N=C(NC(=O)OCc1ccccc1)NC(=O)OCc1ccccc1)(c1ccccc1)c1ccccc1. The van der Waals surface area contributed by atoms with Crippen LogP contribution in [0.25, 0.3) is 10.4 Å². The van der Waals surface area contributed by atoms with E-state index in [0.717, 1.165) is 27.1 Å². The van der Waals surface area contributed by atoms with Gasteiger partial charge in [-0.2, -0.15) is 0 Å². The van der Waals surface area contributed by atoms with Gasteiger partial charge in [-0.3, -0.25) is 10.6 Å². The van der Waals surface area contributed by atoms with Crippen LogP contribution in [0.5, 0.6) is 0 Å². The summed E-state index contributed by atoms with van der Waals surface area (Å²) in [7, 11) is -3.15. The molecule has 0 fully saturated rings. The summed E-state index contributed by atoms with van der Waals surface area (Å²) in [6, 6.07) is 45.1. The van der Waals surface area contributed by atoms with Crippen molar-refractivity contribution < 1.29 is 33.3 Å². The topological polar surface area (TPSA) is 176 Å². The molecule has 0 saturated heterocycles. The molecule has 59 heavy (non-hydrogen) atoms. The van der Waals surface area contributed by atoms with E-state index in [0.29, 0.717) is 0 Å². The number of hydrogen-bond acceptors (Lipinski definition) is 9. The second-order valence-corrected chi connectivity index (χ2v) is 18.9. The lowest BCUT2D eigenvalue weighted by atomic mass is 10.0. The van der Waals surface area contributed by atoms with Crippen LogP contribution in [0.15, 0.2) is 162 Å². The second-order valence-electron chi connectivity index (χ2n) is 14.6. The Morgan fingerprint density at radius 3 is 1.46 bits per heavy atom. The zero-order valence-corrected chi connectivity index (χ0v) is 34.4. The summed E-state index contributed by atoms with van der Waals surface area (Å²) in [5.74, 6) is -0.388. The highest BCUT2D eigenvalue weighted by molar-refractivity contribution is 6.99. The Labute approximate surface area is 345 Å². The number of ether oxygens (including phenoxy) is 3. The van der Waals surface area contributed by atoms with Crippen molar-refractivity contribution in [3.63, 3.8) is 0 Å². The van der Waals surface area contributed by atoms with Crippen molar-refractivity contribution >= 4 is 36.8 Å². The second kappa shape index (κ2) is 22.0. The molecule has 13 nitrogen and oxygen atoms in total. The molecule has 306 valence electrons. The quantitative estimate of drug-likeness (QED) is 0.0219. The summed E-state index contributed by atoms with van der Waals surface area (Å²) in [6.45, 7) is 5.52. The van der Waals surface area contributed by atoms with Crippen molar-refractivity contribution in [1.29, 1.82) is 0 Å². The van der Waals surface area contributed by atoms with Gasteiger partial charge in [-0.25, -0.2) is 14.6 Å². The number of amides is 2. The van der Waals surface area contributed by atoms with Crippen LogP contribution in [-0.4, -0.2) is 63.0 Å². The maximum atomic E-state index is 13.2. The number of guanidine groups is 1. The first kappa shape index (κ1) is 43.8. The molecule has 3 N–H and O–H groups in total. The fourth-order valence-corrected chi connectivity index (χ4v) is 11.2. The first-order valence-electron chi connectivity index (χ1n) is 19.2. The van der Waals surface area contributed by atoms with Crippen molar-refractivity contribution in [3.05, 3.63) is 179 Å². The summed E-state index contributed by atoms with van der Waals surface area (Å²) >= 11 is 0. The molecule has 0 unspecified atom stereocenters. The number of hydrogen-bond donors (Lipinski definition) is 3. The molecule has 5 aromatic rings. The molecule has 0 bridgehead atoms. The van der Waals surface area contributed by atoms with Crippen molar-refractivity contribution in [2.45, 2.75) is 63.8 Å². The minimum Gasteiger partial charge on any atom is -0.444 e. The lowest BCUT2D eigenvalue weighted by Gasteiger charge is -2.44. The number of carbonyl (C=O) groups excluding carboxylic acids is 2. The normalized spacial score (nSPS) is 12.8. The number of aliphatic hydroxyl groups is 1. The highest BCUT2D eigenvalue weighted by Crippen LogP contribution is 2.37. The van der Waals surface area contributed by atoms with E-state index in [2.05, 4.69) is 70.7 Å². The van der Waals surface area contributed by atoms with Crippen molar-refractivity contribution in [2.24, 2.45) is 10.1 Å². The van der Waals surface area contributed by atoms with Gasteiger partial charge in [0.25, 0.3) is 8.32 Å². The zero-order valence-electron chi connectivity index (χ0n) is 33.4. The summed E-state index contributed by atoms with van der Waals surface area (Å²) < 4.78 is 24.5. The van der Waals surface area contributed by atoms with E-state index in [4.69, 9.17) is 18.6 Å². The van der Waals surface area contributed by atoms with Gasteiger partial charge >= 0.3 is 12.2 Å². The third kappa shape index (κ3) is 12.6. The number of nitrogens with one attached hydrogen (secondary N) is 2. The van der Waals surface area contributed by atoms with E-state index in [9.17, 15) is 20.2 Å². The Kier molecular flexibility index (Phi) is 16.4. The van der Waals surface area contributed by atoms with E-state index in [1.165, 1.54) is 0 Å². The van der Waals surface area contributed by atoms with Gasteiger partial charge in [0.05, 0.1) is 25.4 Å². The maximum absolute atomic E-state index is 13.2. The number of nitrogens with zero attached hydrogens (tertiary/aromatic N) is 4. The molecule has 0 aliphatic rings. The van der Waals surface area contributed by atoms with Gasteiger partial charge in [0, 0.05) is 11.5 Å². The zero-order chi connectivity index (χ0) is 41.9. The number of aliphatic imine (C=N–C) groups is 1. The number of alkyl carbamates (subject to hydrolysis) is 2. The van der Waals surface area contributed by atoms with Crippen LogP contribution in [0.3, 0.4) is 0 Å². The minimum atomic E-state index is -3.15. The van der Waals surface area contributed by atoms with E-state index in [-0.39, 0.29) is 32.4 Å². The van der Waals surface area contributed by atoms with Crippen LogP contribution < -0.4 is 21.0 Å². The smallest absolute Gasteiger partial charge is 0.414 e. The van der Waals surface area contributed by atoms with Crippen LogP contribution in [0.1, 0.15) is 37.5 Å². The fraction of sp³-hybridized carbons (Fsp3) is 0.267. The molecule has 3 atom stereocenters. The van der Waals surface area contributed by atoms with Crippen LogP contribution in [0, 0.1) is 0 Å². The lowest BCUT2D eigenvalue weighted by Crippen LogP contribution is -2.67. The van der Waals surface area contributed by atoms with E-state index in [1.54, 1.807) is 24.3 Å². The summed E-state index contributed by atoms with van der Waals surface area (Å²) in [5, 5.41) is 21.8. The van der Waals surface area contributed by atoms with Gasteiger partial charge < -0.3 is 23.7 Å². The van der Waals surface area contributed by atoms with Crippen LogP contribution >= 0.6 is 0 Å². The Hall–Kier alpha value is -6.28. The average Bonchev–Trinajstić information content (AvgIpc) is 3.26.